The van der Waals surface area contributed by atoms with Crippen LogP contribution in [0.2, 0.25) is 0 Å². The third kappa shape index (κ3) is 4.98. The van der Waals surface area contributed by atoms with Crippen molar-refractivity contribution in [1.29, 1.82) is 0 Å². The normalized spacial score (nSPS) is 10.7. The summed E-state index contributed by atoms with van der Waals surface area (Å²) in [5.74, 6) is -0.304. The molecule has 2 rings (SSSR count). The van der Waals surface area contributed by atoms with E-state index in [0.717, 1.165) is 16.3 Å². The van der Waals surface area contributed by atoms with Gasteiger partial charge in [0.25, 0.3) is 0 Å². The molecule has 0 aliphatic carbocycles. The van der Waals surface area contributed by atoms with Crippen molar-refractivity contribution in [2.24, 2.45) is 0 Å². The minimum absolute atomic E-state index is 0.137. The van der Waals surface area contributed by atoms with Gasteiger partial charge in [0.15, 0.2) is 0 Å². The Kier molecular flexibility index (Phi) is 6.18. The number of nitrogens with one attached hydrogen (secondary N) is 1. The molecular formula is C19H24N2O3. The molecule has 128 valence electrons. The van der Waals surface area contributed by atoms with E-state index in [2.05, 4.69) is 23.5 Å². The predicted molar refractivity (Wildman–Crippen MR) is 94.7 cm³/mol. The van der Waals surface area contributed by atoms with Crippen LogP contribution in [-0.2, 0) is 16.1 Å². The van der Waals surface area contributed by atoms with Crippen LogP contribution in [0.25, 0.3) is 10.8 Å². The Labute approximate surface area is 142 Å². The van der Waals surface area contributed by atoms with Gasteiger partial charge in [-0.25, -0.2) is 4.79 Å². The fraction of sp³-hybridized carbons (Fsp3) is 0.368. The fourth-order valence-corrected chi connectivity index (χ4v) is 2.49. The standard InChI is InChI=1S/C19H24N2O3/c1-14(2)24-18(22)11-12-20-19(23)21(3)13-16-9-6-8-15-7-4-5-10-17(15)16/h4-10,14H,11-13H2,1-3H3,(H,20,23). The molecule has 0 fully saturated rings. The van der Waals surface area contributed by atoms with Gasteiger partial charge >= 0.3 is 12.0 Å². The van der Waals surface area contributed by atoms with Crippen molar-refractivity contribution in [3.05, 3.63) is 48.0 Å². The molecule has 0 aromatic heterocycles. The third-order valence-electron chi connectivity index (χ3n) is 3.61. The van der Waals surface area contributed by atoms with Crippen molar-refractivity contribution in [2.45, 2.75) is 32.9 Å². The van der Waals surface area contributed by atoms with Crippen LogP contribution in [0.4, 0.5) is 4.79 Å². The minimum atomic E-state index is -0.304. The number of carbonyl (C=O) groups is 2. The van der Waals surface area contributed by atoms with E-state index >= 15 is 0 Å². The molecule has 0 bridgehead atoms. The highest BCUT2D eigenvalue weighted by molar-refractivity contribution is 5.86. The number of hydrogen-bond donors (Lipinski definition) is 1. The first-order valence-corrected chi connectivity index (χ1v) is 8.12. The number of fused-ring (bicyclic) bond motifs is 1. The van der Waals surface area contributed by atoms with Crippen LogP contribution >= 0.6 is 0 Å². The highest BCUT2D eigenvalue weighted by atomic mass is 16.5. The minimum Gasteiger partial charge on any atom is -0.463 e. The lowest BCUT2D eigenvalue weighted by Gasteiger charge is -2.19. The van der Waals surface area contributed by atoms with Crippen molar-refractivity contribution in [2.75, 3.05) is 13.6 Å². The Morgan fingerprint density at radius 1 is 1.12 bits per heavy atom. The van der Waals surface area contributed by atoms with E-state index in [0.29, 0.717) is 6.54 Å². The summed E-state index contributed by atoms with van der Waals surface area (Å²) in [5.41, 5.74) is 1.09. The van der Waals surface area contributed by atoms with E-state index in [1.807, 2.05) is 24.3 Å². The van der Waals surface area contributed by atoms with Crippen LogP contribution in [-0.4, -0.2) is 36.6 Å². The summed E-state index contributed by atoms with van der Waals surface area (Å²) >= 11 is 0. The second kappa shape index (κ2) is 8.34. The number of esters is 1. The maximum atomic E-state index is 12.1. The zero-order valence-corrected chi connectivity index (χ0v) is 14.4. The lowest BCUT2D eigenvalue weighted by Crippen LogP contribution is -2.38. The van der Waals surface area contributed by atoms with Gasteiger partial charge in [-0.05, 0) is 30.2 Å². The molecule has 0 aliphatic heterocycles. The molecule has 0 heterocycles. The van der Waals surface area contributed by atoms with Crippen molar-refractivity contribution in [1.82, 2.24) is 10.2 Å². The average molecular weight is 328 g/mol. The number of benzene rings is 2. The molecule has 0 aliphatic rings. The lowest BCUT2D eigenvalue weighted by molar-refractivity contribution is -0.147. The molecule has 2 aromatic rings. The van der Waals surface area contributed by atoms with Gasteiger partial charge < -0.3 is 15.0 Å². The molecule has 5 heteroatoms. The lowest BCUT2D eigenvalue weighted by atomic mass is 10.0. The molecule has 2 aromatic carbocycles. The number of amides is 2. The van der Waals surface area contributed by atoms with Crippen molar-refractivity contribution in [3.8, 4) is 0 Å². The summed E-state index contributed by atoms with van der Waals surface area (Å²) < 4.78 is 5.03. The molecule has 24 heavy (non-hydrogen) atoms. The van der Waals surface area contributed by atoms with E-state index in [4.69, 9.17) is 4.74 Å². The quantitative estimate of drug-likeness (QED) is 0.828. The zero-order chi connectivity index (χ0) is 17.5. The van der Waals surface area contributed by atoms with Crippen LogP contribution in [0.3, 0.4) is 0 Å². The molecule has 0 radical (unpaired) electrons. The topological polar surface area (TPSA) is 58.6 Å². The molecule has 2 amide bonds. The summed E-state index contributed by atoms with van der Waals surface area (Å²) in [7, 11) is 1.74. The van der Waals surface area contributed by atoms with Crippen LogP contribution in [0.15, 0.2) is 42.5 Å². The molecular weight excluding hydrogens is 304 g/mol. The fourth-order valence-electron chi connectivity index (χ4n) is 2.49. The van der Waals surface area contributed by atoms with Gasteiger partial charge in [-0.1, -0.05) is 42.5 Å². The highest BCUT2D eigenvalue weighted by Gasteiger charge is 2.12. The van der Waals surface area contributed by atoms with Crippen molar-refractivity contribution >= 4 is 22.8 Å². The predicted octanol–water partition coefficient (Wildman–Crippen LogP) is 3.32. The molecule has 1 N–H and O–H groups in total. The van der Waals surface area contributed by atoms with Gasteiger partial charge in [-0.3, -0.25) is 4.79 Å². The number of rotatable bonds is 6. The Bertz CT molecular complexity index is 707. The van der Waals surface area contributed by atoms with E-state index in [1.54, 1.807) is 25.8 Å². The summed E-state index contributed by atoms with van der Waals surface area (Å²) in [5, 5.41) is 5.03. The summed E-state index contributed by atoms with van der Waals surface area (Å²) in [4.78, 5) is 25.2. The molecule has 0 atom stereocenters. The van der Waals surface area contributed by atoms with Crippen molar-refractivity contribution < 1.29 is 14.3 Å². The Morgan fingerprint density at radius 2 is 1.83 bits per heavy atom. The van der Waals surface area contributed by atoms with E-state index in [9.17, 15) is 9.59 Å². The summed E-state index contributed by atoms with van der Waals surface area (Å²) in [6.45, 7) is 4.37. The summed E-state index contributed by atoms with van der Waals surface area (Å²) in [6.07, 6.45) is 0.0358. The van der Waals surface area contributed by atoms with Gasteiger partial charge in [0.1, 0.15) is 0 Å². The van der Waals surface area contributed by atoms with Crippen LogP contribution in [0.5, 0.6) is 0 Å². The van der Waals surface area contributed by atoms with E-state index in [-0.39, 0.29) is 31.1 Å². The van der Waals surface area contributed by atoms with Gasteiger partial charge in [0, 0.05) is 20.1 Å². The Hall–Kier alpha value is -2.56. The average Bonchev–Trinajstić information content (AvgIpc) is 2.54. The number of urea groups is 1. The second-order valence-electron chi connectivity index (χ2n) is 6.01. The molecule has 0 spiro atoms. The summed E-state index contributed by atoms with van der Waals surface area (Å²) in [6, 6.07) is 14.0. The Morgan fingerprint density at radius 3 is 2.58 bits per heavy atom. The van der Waals surface area contributed by atoms with Gasteiger partial charge in [0.2, 0.25) is 0 Å². The second-order valence-corrected chi connectivity index (χ2v) is 6.01. The van der Waals surface area contributed by atoms with Crippen LogP contribution in [0, 0.1) is 0 Å². The maximum Gasteiger partial charge on any atom is 0.317 e. The number of carbonyl (C=O) groups excluding carboxylic acids is 2. The smallest absolute Gasteiger partial charge is 0.317 e. The number of nitrogens with zero attached hydrogens (tertiary/aromatic N) is 1. The van der Waals surface area contributed by atoms with Gasteiger partial charge in [0.05, 0.1) is 12.5 Å². The number of ether oxygens (including phenoxy) is 1. The van der Waals surface area contributed by atoms with Crippen LogP contribution < -0.4 is 5.32 Å². The number of hydrogen-bond acceptors (Lipinski definition) is 3. The first kappa shape index (κ1) is 17.8. The largest absolute Gasteiger partial charge is 0.463 e. The SMILES string of the molecule is CC(C)OC(=O)CCNC(=O)N(C)Cc1cccc2ccccc12. The third-order valence-corrected chi connectivity index (χ3v) is 3.61. The molecule has 0 unspecified atom stereocenters. The first-order valence-electron chi connectivity index (χ1n) is 8.12. The molecule has 0 saturated carbocycles. The monoisotopic (exact) mass is 328 g/mol. The molecule has 5 nitrogen and oxygen atoms in total. The van der Waals surface area contributed by atoms with Gasteiger partial charge in [-0.2, -0.15) is 0 Å². The van der Waals surface area contributed by atoms with Gasteiger partial charge in [-0.15, -0.1) is 0 Å². The zero-order valence-electron chi connectivity index (χ0n) is 14.4. The van der Waals surface area contributed by atoms with Crippen molar-refractivity contribution in [3.63, 3.8) is 0 Å². The molecule has 0 saturated heterocycles. The van der Waals surface area contributed by atoms with E-state index in [1.165, 1.54) is 0 Å². The first-order chi connectivity index (χ1) is 11.5. The Balaban J connectivity index is 1.88. The highest BCUT2D eigenvalue weighted by Crippen LogP contribution is 2.19. The van der Waals surface area contributed by atoms with E-state index < -0.39 is 0 Å². The maximum absolute atomic E-state index is 12.1. The van der Waals surface area contributed by atoms with Crippen LogP contribution in [0.1, 0.15) is 25.8 Å².